The van der Waals surface area contributed by atoms with Crippen molar-refractivity contribution in [1.29, 1.82) is 0 Å². The van der Waals surface area contributed by atoms with Crippen LogP contribution in [0.5, 0.6) is 0 Å². The summed E-state index contributed by atoms with van der Waals surface area (Å²) in [5.41, 5.74) is -0.217. The SMILES string of the molecule is CN=C(NCCOC)NCC(=O)NC(C)(C)C. The van der Waals surface area contributed by atoms with Crippen LogP contribution in [0.2, 0.25) is 0 Å². The summed E-state index contributed by atoms with van der Waals surface area (Å²) in [5.74, 6) is 0.526. The van der Waals surface area contributed by atoms with E-state index in [-0.39, 0.29) is 18.0 Å². The molecule has 3 N–H and O–H groups in total. The minimum atomic E-state index is -0.217. The molecule has 0 unspecified atom stereocenters. The molecule has 0 radical (unpaired) electrons. The second kappa shape index (κ2) is 7.89. The molecule has 0 saturated heterocycles. The number of methoxy groups -OCH3 is 1. The molecule has 6 heteroatoms. The number of hydrogen-bond acceptors (Lipinski definition) is 3. The molecule has 0 aliphatic rings. The van der Waals surface area contributed by atoms with E-state index in [0.717, 1.165) is 0 Å². The van der Waals surface area contributed by atoms with Crippen molar-refractivity contribution < 1.29 is 9.53 Å². The summed E-state index contributed by atoms with van der Waals surface area (Å²) < 4.78 is 4.90. The van der Waals surface area contributed by atoms with Gasteiger partial charge >= 0.3 is 0 Å². The lowest BCUT2D eigenvalue weighted by Crippen LogP contribution is -2.48. The zero-order valence-corrected chi connectivity index (χ0v) is 11.4. The maximum atomic E-state index is 11.5. The van der Waals surface area contributed by atoms with Gasteiger partial charge in [-0.05, 0) is 20.8 Å². The Morgan fingerprint density at radius 1 is 1.29 bits per heavy atom. The van der Waals surface area contributed by atoms with Gasteiger partial charge in [0.05, 0.1) is 13.2 Å². The van der Waals surface area contributed by atoms with E-state index in [1.807, 2.05) is 20.8 Å². The maximum absolute atomic E-state index is 11.5. The number of guanidine groups is 1. The van der Waals surface area contributed by atoms with Crippen LogP contribution in [0.4, 0.5) is 0 Å². The number of carbonyl (C=O) groups excluding carboxylic acids is 1. The Labute approximate surface area is 103 Å². The van der Waals surface area contributed by atoms with Gasteiger partial charge in [-0.2, -0.15) is 0 Å². The van der Waals surface area contributed by atoms with Crippen LogP contribution < -0.4 is 16.0 Å². The minimum absolute atomic E-state index is 0.0628. The average Bonchev–Trinajstić information content (AvgIpc) is 2.20. The van der Waals surface area contributed by atoms with E-state index in [1.165, 1.54) is 0 Å². The molecule has 0 atom stereocenters. The maximum Gasteiger partial charge on any atom is 0.239 e. The molecule has 6 nitrogen and oxygen atoms in total. The van der Waals surface area contributed by atoms with Crippen molar-refractivity contribution in [2.45, 2.75) is 26.3 Å². The molecule has 0 aromatic heterocycles. The summed E-state index contributed by atoms with van der Waals surface area (Å²) >= 11 is 0. The fourth-order valence-corrected chi connectivity index (χ4v) is 1.12. The second-order valence-electron chi connectivity index (χ2n) is 4.64. The first kappa shape index (κ1) is 15.7. The van der Waals surface area contributed by atoms with Crippen LogP contribution in [-0.4, -0.2) is 51.3 Å². The molecule has 0 bridgehead atoms. The molecule has 17 heavy (non-hydrogen) atoms. The van der Waals surface area contributed by atoms with Crippen molar-refractivity contribution in [2.75, 3.05) is 33.9 Å². The molecule has 0 aromatic rings. The standard InChI is InChI=1S/C11H24N4O2/c1-11(2,3)15-9(16)8-14-10(12-4)13-6-7-17-5/h6-8H2,1-5H3,(H,15,16)(H2,12,13,14). The number of carbonyl (C=O) groups is 1. The fraction of sp³-hybridized carbons (Fsp3) is 0.818. The summed E-state index contributed by atoms with van der Waals surface area (Å²) in [4.78, 5) is 15.5. The van der Waals surface area contributed by atoms with E-state index in [9.17, 15) is 4.79 Å². The van der Waals surface area contributed by atoms with Crippen LogP contribution >= 0.6 is 0 Å². The van der Waals surface area contributed by atoms with E-state index in [0.29, 0.717) is 19.1 Å². The quantitative estimate of drug-likeness (QED) is 0.353. The smallest absolute Gasteiger partial charge is 0.239 e. The van der Waals surface area contributed by atoms with Crippen LogP contribution in [-0.2, 0) is 9.53 Å². The van der Waals surface area contributed by atoms with E-state index < -0.39 is 0 Å². The van der Waals surface area contributed by atoms with Gasteiger partial charge in [-0.25, -0.2) is 0 Å². The molecule has 0 aromatic carbocycles. The van der Waals surface area contributed by atoms with Gasteiger partial charge in [0.25, 0.3) is 0 Å². The van der Waals surface area contributed by atoms with Crippen LogP contribution in [0.1, 0.15) is 20.8 Å². The van der Waals surface area contributed by atoms with E-state index >= 15 is 0 Å². The van der Waals surface area contributed by atoms with Crippen LogP contribution in [0.25, 0.3) is 0 Å². The summed E-state index contributed by atoms with van der Waals surface area (Å²) in [6, 6.07) is 0. The Kier molecular flexibility index (Phi) is 7.29. The van der Waals surface area contributed by atoms with Gasteiger partial charge in [0, 0.05) is 26.2 Å². The summed E-state index contributed by atoms with van der Waals surface area (Å²) in [6.45, 7) is 7.26. The Balaban J connectivity index is 3.87. The number of ether oxygens (including phenoxy) is 1. The molecule has 0 spiro atoms. The number of nitrogens with one attached hydrogen (secondary N) is 3. The predicted molar refractivity (Wildman–Crippen MR) is 69.1 cm³/mol. The van der Waals surface area contributed by atoms with Gasteiger partial charge in [0.1, 0.15) is 0 Å². The topological polar surface area (TPSA) is 74.8 Å². The molecule has 0 aliphatic carbocycles. The number of aliphatic imine (C=N–C) groups is 1. The lowest BCUT2D eigenvalue weighted by molar-refractivity contribution is -0.121. The zero-order valence-electron chi connectivity index (χ0n) is 11.4. The third-order valence-electron chi connectivity index (χ3n) is 1.75. The first-order valence-corrected chi connectivity index (χ1v) is 5.63. The van der Waals surface area contributed by atoms with Crippen molar-refractivity contribution in [2.24, 2.45) is 4.99 Å². The van der Waals surface area contributed by atoms with Crippen molar-refractivity contribution in [3.63, 3.8) is 0 Å². The fourth-order valence-electron chi connectivity index (χ4n) is 1.12. The van der Waals surface area contributed by atoms with Crippen molar-refractivity contribution in [3.05, 3.63) is 0 Å². The van der Waals surface area contributed by atoms with Gasteiger partial charge in [-0.3, -0.25) is 9.79 Å². The Bertz CT molecular complexity index is 259. The van der Waals surface area contributed by atoms with E-state index in [4.69, 9.17) is 4.74 Å². The molecule has 100 valence electrons. The largest absolute Gasteiger partial charge is 0.383 e. The molecule has 1 amide bonds. The predicted octanol–water partition coefficient (Wildman–Crippen LogP) is -0.287. The van der Waals surface area contributed by atoms with Gasteiger partial charge in [0.2, 0.25) is 5.91 Å². The molecular weight excluding hydrogens is 220 g/mol. The van der Waals surface area contributed by atoms with Crippen molar-refractivity contribution >= 4 is 11.9 Å². The molecule has 0 aliphatic heterocycles. The lowest BCUT2D eigenvalue weighted by atomic mass is 10.1. The van der Waals surface area contributed by atoms with Crippen molar-refractivity contribution in [3.8, 4) is 0 Å². The van der Waals surface area contributed by atoms with Gasteiger partial charge in [-0.1, -0.05) is 0 Å². The zero-order chi connectivity index (χ0) is 13.3. The average molecular weight is 244 g/mol. The minimum Gasteiger partial charge on any atom is -0.383 e. The van der Waals surface area contributed by atoms with E-state index in [2.05, 4.69) is 20.9 Å². The third-order valence-corrected chi connectivity index (χ3v) is 1.75. The highest BCUT2D eigenvalue weighted by molar-refractivity contribution is 5.86. The molecular formula is C11H24N4O2. The van der Waals surface area contributed by atoms with E-state index in [1.54, 1.807) is 14.2 Å². The van der Waals surface area contributed by atoms with Gasteiger partial charge < -0.3 is 20.7 Å². The van der Waals surface area contributed by atoms with Crippen molar-refractivity contribution in [1.82, 2.24) is 16.0 Å². The third kappa shape index (κ3) is 9.62. The highest BCUT2D eigenvalue weighted by Gasteiger charge is 2.13. The molecule has 0 heterocycles. The highest BCUT2D eigenvalue weighted by atomic mass is 16.5. The first-order valence-electron chi connectivity index (χ1n) is 5.63. The monoisotopic (exact) mass is 244 g/mol. The van der Waals surface area contributed by atoms with Crippen LogP contribution in [0.15, 0.2) is 4.99 Å². The number of rotatable bonds is 5. The lowest BCUT2D eigenvalue weighted by Gasteiger charge is -2.21. The number of hydrogen-bond donors (Lipinski definition) is 3. The molecule has 0 fully saturated rings. The summed E-state index contributed by atoms with van der Waals surface area (Å²) in [5, 5.41) is 8.80. The normalized spacial score (nSPS) is 12.2. The molecule has 0 rings (SSSR count). The van der Waals surface area contributed by atoms with Crippen LogP contribution in [0.3, 0.4) is 0 Å². The summed E-state index contributed by atoms with van der Waals surface area (Å²) in [6.07, 6.45) is 0. The van der Waals surface area contributed by atoms with Gasteiger partial charge in [0.15, 0.2) is 5.96 Å². The first-order chi connectivity index (χ1) is 7.89. The highest BCUT2D eigenvalue weighted by Crippen LogP contribution is 1.96. The summed E-state index contributed by atoms with van der Waals surface area (Å²) in [7, 11) is 3.29. The number of nitrogens with zero attached hydrogens (tertiary/aromatic N) is 1. The Hall–Kier alpha value is -1.30. The van der Waals surface area contributed by atoms with Crippen LogP contribution in [0, 0.1) is 0 Å². The molecule has 0 saturated carbocycles. The Morgan fingerprint density at radius 3 is 2.41 bits per heavy atom. The van der Waals surface area contributed by atoms with Gasteiger partial charge in [-0.15, -0.1) is 0 Å². The second-order valence-corrected chi connectivity index (χ2v) is 4.64. The Morgan fingerprint density at radius 2 is 1.94 bits per heavy atom. The number of amides is 1.